The third-order valence-corrected chi connectivity index (χ3v) is 2.88. The summed E-state index contributed by atoms with van der Waals surface area (Å²) in [6.07, 6.45) is 0.227. The van der Waals surface area contributed by atoms with Gasteiger partial charge in [-0.25, -0.2) is 0 Å². The van der Waals surface area contributed by atoms with Gasteiger partial charge in [0.15, 0.2) is 6.10 Å². The number of carbonyl (C=O) groups excluding carboxylic acids is 1. The van der Waals surface area contributed by atoms with Gasteiger partial charge in [-0.3, -0.25) is 4.79 Å². The molecule has 0 radical (unpaired) electrons. The van der Waals surface area contributed by atoms with Gasteiger partial charge in [-0.15, -0.1) is 0 Å². The van der Waals surface area contributed by atoms with E-state index in [-0.39, 0.29) is 5.91 Å². The topological polar surface area (TPSA) is 41.6 Å². The van der Waals surface area contributed by atoms with Gasteiger partial charge in [0.05, 0.1) is 0 Å². The van der Waals surface area contributed by atoms with Crippen LogP contribution in [0.2, 0.25) is 0 Å². The lowest BCUT2D eigenvalue weighted by atomic mass is 10.2. The number of likely N-dealkylation sites (N-methyl/N-ethyl adjacent to an activating group) is 1. The average Bonchev–Trinajstić information content (AvgIpc) is 2.37. The number of para-hydroxylation sites is 1. The molecule has 1 N–H and O–H groups in total. The van der Waals surface area contributed by atoms with Crippen LogP contribution in [-0.4, -0.2) is 44.1 Å². The van der Waals surface area contributed by atoms with Crippen LogP contribution in [0, 0.1) is 6.92 Å². The van der Waals surface area contributed by atoms with Crippen LogP contribution >= 0.6 is 0 Å². The number of carbonyl (C=O) groups is 1. The molecule has 0 aromatic heterocycles. The molecule has 0 saturated carbocycles. The summed E-state index contributed by atoms with van der Waals surface area (Å²) in [5.74, 6) is 0.727. The molecule has 106 valence electrons. The second-order valence-corrected chi connectivity index (χ2v) is 4.87. The summed E-state index contributed by atoms with van der Waals surface area (Å²) in [4.78, 5) is 14.0. The largest absolute Gasteiger partial charge is 0.480 e. The first kappa shape index (κ1) is 15.5. The van der Waals surface area contributed by atoms with Gasteiger partial charge in [-0.2, -0.15) is 0 Å². The monoisotopic (exact) mass is 264 g/mol. The fraction of sp³-hybridized carbons (Fsp3) is 0.533. The second-order valence-electron chi connectivity index (χ2n) is 4.87. The molecule has 0 saturated heterocycles. The Morgan fingerprint density at radius 2 is 2.05 bits per heavy atom. The number of amides is 1. The SMILES string of the molecule is CC[C@@H](Oc1ccccc1C)C(=O)NCCN(C)C. The van der Waals surface area contributed by atoms with Crippen molar-refractivity contribution in [3.05, 3.63) is 29.8 Å². The van der Waals surface area contributed by atoms with Crippen molar-refractivity contribution in [3.8, 4) is 5.75 Å². The zero-order chi connectivity index (χ0) is 14.3. The van der Waals surface area contributed by atoms with Gasteiger partial charge < -0.3 is 15.0 Å². The van der Waals surface area contributed by atoms with E-state index in [2.05, 4.69) is 5.32 Å². The molecule has 19 heavy (non-hydrogen) atoms. The van der Waals surface area contributed by atoms with E-state index >= 15 is 0 Å². The van der Waals surface area contributed by atoms with Crippen LogP contribution in [0.1, 0.15) is 18.9 Å². The summed E-state index contributed by atoms with van der Waals surface area (Å²) in [6.45, 7) is 5.40. The van der Waals surface area contributed by atoms with Crippen molar-refractivity contribution < 1.29 is 9.53 Å². The molecule has 0 aliphatic rings. The zero-order valence-corrected chi connectivity index (χ0v) is 12.3. The third-order valence-electron chi connectivity index (χ3n) is 2.88. The van der Waals surface area contributed by atoms with E-state index in [0.717, 1.165) is 17.9 Å². The van der Waals surface area contributed by atoms with Gasteiger partial charge in [-0.1, -0.05) is 25.1 Å². The molecule has 1 rings (SSSR count). The maximum absolute atomic E-state index is 12.0. The van der Waals surface area contributed by atoms with Crippen LogP contribution in [0.3, 0.4) is 0 Å². The maximum Gasteiger partial charge on any atom is 0.261 e. The molecule has 4 nitrogen and oxygen atoms in total. The Hall–Kier alpha value is -1.55. The molecular weight excluding hydrogens is 240 g/mol. The number of ether oxygens (including phenoxy) is 1. The van der Waals surface area contributed by atoms with Crippen molar-refractivity contribution in [2.24, 2.45) is 0 Å². The minimum absolute atomic E-state index is 0.0485. The van der Waals surface area contributed by atoms with E-state index in [9.17, 15) is 4.79 Å². The molecule has 0 bridgehead atoms. The predicted molar refractivity (Wildman–Crippen MR) is 77.4 cm³/mol. The molecule has 1 aromatic carbocycles. The average molecular weight is 264 g/mol. The minimum atomic E-state index is -0.428. The molecule has 1 amide bonds. The first-order valence-electron chi connectivity index (χ1n) is 6.69. The van der Waals surface area contributed by atoms with Crippen LogP contribution in [0.15, 0.2) is 24.3 Å². The number of nitrogens with zero attached hydrogens (tertiary/aromatic N) is 1. The van der Waals surface area contributed by atoms with Gasteiger partial charge in [0.25, 0.3) is 5.91 Å². The summed E-state index contributed by atoms with van der Waals surface area (Å²) in [6, 6.07) is 7.75. The number of hydrogen-bond acceptors (Lipinski definition) is 3. The summed E-state index contributed by atoms with van der Waals surface area (Å²) >= 11 is 0. The molecule has 4 heteroatoms. The smallest absolute Gasteiger partial charge is 0.261 e. The Balaban J connectivity index is 2.53. The van der Waals surface area contributed by atoms with E-state index in [1.54, 1.807) is 0 Å². The van der Waals surface area contributed by atoms with Crippen LogP contribution in [0.25, 0.3) is 0 Å². The zero-order valence-electron chi connectivity index (χ0n) is 12.3. The van der Waals surface area contributed by atoms with Crippen LogP contribution in [0.4, 0.5) is 0 Å². The van der Waals surface area contributed by atoms with Crippen molar-refractivity contribution in [2.75, 3.05) is 27.2 Å². The van der Waals surface area contributed by atoms with E-state index < -0.39 is 6.10 Å². The number of benzene rings is 1. The van der Waals surface area contributed by atoms with E-state index in [1.165, 1.54) is 0 Å². The molecule has 0 spiro atoms. The molecule has 0 aliphatic carbocycles. The van der Waals surface area contributed by atoms with Crippen LogP contribution in [0.5, 0.6) is 5.75 Å². The molecule has 0 aliphatic heterocycles. The summed E-state index contributed by atoms with van der Waals surface area (Å²) in [5, 5.41) is 2.90. The number of nitrogens with one attached hydrogen (secondary N) is 1. The molecule has 1 aromatic rings. The Labute approximate surface area is 115 Å². The quantitative estimate of drug-likeness (QED) is 0.817. The third kappa shape index (κ3) is 5.30. The molecule has 0 unspecified atom stereocenters. The minimum Gasteiger partial charge on any atom is -0.480 e. The lowest BCUT2D eigenvalue weighted by Gasteiger charge is -2.19. The van der Waals surface area contributed by atoms with E-state index in [4.69, 9.17) is 4.74 Å². The van der Waals surface area contributed by atoms with Crippen molar-refractivity contribution in [1.29, 1.82) is 0 Å². The Morgan fingerprint density at radius 1 is 1.37 bits per heavy atom. The molecule has 0 fully saturated rings. The maximum atomic E-state index is 12.0. The Morgan fingerprint density at radius 3 is 2.63 bits per heavy atom. The first-order chi connectivity index (χ1) is 9.04. The van der Waals surface area contributed by atoms with Gasteiger partial charge in [-0.05, 0) is 39.1 Å². The highest BCUT2D eigenvalue weighted by Gasteiger charge is 2.18. The standard InChI is InChI=1S/C15H24N2O2/c1-5-13(15(18)16-10-11-17(3)4)19-14-9-7-6-8-12(14)2/h6-9,13H,5,10-11H2,1-4H3,(H,16,18)/t13-/m1/s1. The Kier molecular flexibility index (Phi) is 6.36. The lowest BCUT2D eigenvalue weighted by molar-refractivity contribution is -0.128. The lowest BCUT2D eigenvalue weighted by Crippen LogP contribution is -2.40. The molecule has 1 atom stereocenters. The normalized spacial score (nSPS) is 12.3. The van der Waals surface area contributed by atoms with E-state index in [0.29, 0.717) is 13.0 Å². The van der Waals surface area contributed by atoms with Crippen molar-refractivity contribution in [1.82, 2.24) is 10.2 Å². The Bertz CT molecular complexity index is 405. The number of rotatable bonds is 7. The first-order valence-corrected chi connectivity index (χ1v) is 6.69. The fourth-order valence-electron chi connectivity index (χ4n) is 1.68. The van der Waals surface area contributed by atoms with Gasteiger partial charge in [0, 0.05) is 13.1 Å². The molecular formula is C15H24N2O2. The second kappa shape index (κ2) is 7.79. The highest BCUT2D eigenvalue weighted by Crippen LogP contribution is 2.18. The number of aryl methyl sites for hydroxylation is 1. The number of hydrogen-bond donors (Lipinski definition) is 1. The summed E-state index contributed by atoms with van der Waals surface area (Å²) in [7, 11) is 3.96. The fourth-order valence-corrected chi connectivity index (χ4v) is 1.68. The summed E-state index contributed by atoms with van der Waals surface area (Å²) < 4.78 is 5.79. The highest BCUT2D eigenvalue weighted by atomic mass is 16.5. The van der Waals surface area contributed by atoms with Crippen LogP contribution < -0.4 is 10.1 Å². The summed E-state index contributed by atoms with van der Waals surface area (Å²) in [5.41, 5.74) is 1.04. The van der Waals surface area contributed by atoms with Crippen LogP contribution in [-0.2, 0) is 4.79 Å². The molecule has 0 heterocycles. The highest BCUT2D eigenvalue weighted by molar-refractivity contribution is 5.81. The van der Waals surface area contributed by atoms with Crippen molar-refractivity contribution in [2.45, 2.75) is 26.4 Å². The van der Waals surface area contributed by atoms with Crippen molar-refractivity contribution in [3.63, 3.8) is 0 Å². The van der Waals surface area contributed by atoms with Crippen molar-refractivity contribution >= 4 is 5.91 Å². The van der Waals surface area contributed by atoms with Gasteiger partial charge in [0.1, 0.15) is 5.75 Å². The van der Waals surface area contributed by atoms with Gasteiger partial charge in [0.2, 0.25) is 0 Å². The van der Waals surface area contributed by atoms with Gasteiger partial charge >= 0.3 is 0 Å². The van der Waals surface area contributed by atoms with E-state index in [1.807, 2.05) is 57.1 Å². The predicted octanol–water partition coefficient (Wildman–Crippen LogP) is 1.83.